The van der Waals surface area contributed by atoms with Gasteiger partial charge in [-0.25, -0.2) is 0 Å². The van der Waals surface area contributed by atoms with Gasteiger partial charge in [0.15, 0.2) is 0 Å². The summed E-state index contributed by atoms with van der Waals surface area (Å²) in [7, 11) is 0. The molecule has 0 amide bonds. The Balaban J connectivity index is 2.08. The van der Waals surface area contributed by atoms with E-state index in [1.165, 1.54) is 0 Å². The highest BCUT2D eigenvalue weighted by atomic mass is 79.9. The lowest BCUT2D eigenvalue weighted by molar-refractivity contribution is 1.45. The van der Waals surface area contributed by atoms with Gasteiger partial charge in [-0.3, -0.25) is 0 Å². The molecule has 0 aliphatic heterocycles. The first kappa shape index (κ1) is 16.5. The normalized spacial score (nSPS) is 11.5. The Hall–Kier alpha value is 1.10. The summed E-state index contributed by atoms with van der Waals surface area (Å²) in [5.74, 6) is 0. The van der Waals surface area contributed by atoms with Crippen LogP contribution in [0.1, 0.15) is 0 Å². The molecule has 100 valence electrons. The van der Waals surface area contributed by atoms with E-state index in [1.54, 1.807) is 22.8 Å². The van der Waals surface area contributed by atoms with Crippen LogP contribution in [-0.2, 0) is 11.8 Å². The van der Waals surface area contributed by atoms with Gasteiger partial charge in [0.1, 0.15) is 3.64 Å². The third-order valence-electron chi connectivity index (χ3n) is 2.07. The maximum absolute atomic E-state index is 5.65. The van der Waals surface area contributed by atoms with Crippen LogP contribution < -0.4 is 0 Å². The van der Waals surface area contributed by atoms with Crippen molar-refractivity contribution >= 4 is 82.3 Å². The number of hydrogen-bond donors (Lipinski definition) is 1. The molecule has 0 radical (unpaired) electrons. The van der Waals surface area contributed by atoms with Gasteiger partial charge in [-0.05, 0) is 48.5 Å². The number of halogens is 2. The monoisotopic (exact) mass is 470 g/mol. The van der Waals surface area contributed by atoms with Crippen molar-refractivity contribution in [1.82, 2.24) is 0 Å². The summed E-state index contributed by atoms with van der Waals surface area (Å²) in [5, 5.41) is 0. The third kappa shape index (κ3) is 5.77. The molecule has 0 nitrogen and oxygen atoms in total. The van der Waals surface area contributed by atoms with Gasteiger partial charge in [-0.1, -0.05) is 66.4 Å². The average molecular weight is 472 g/mol. The van der Waals surface area contributed by atoms with Gasteiger partial charge in [-0.15, -0.1) is 12.2 Å². The summed E-state index contributed by atoms with van der Waals surface area (Å²) < 4.78 is 0.312. The van der Waals surface area contributed by atoms with Gasteiger partial charge in [-0.2, -0.15) is 0 Å². The maximum atomic E-state index is 5.65. The van der Waals surface area contributed by atoms with Crippen molar-refractivity contribution < 1.29 is 0 Å². The number of hydrogen-bond acceptors (Lipinski definition) is 3. The highest BCUT2D eigenvalue weighted by Crippen LogP contribution is 2.77. The third-order valence-corrected chi connectivity index (χ3v) is 11.4. The van der Waals surface area contributed by atoms with Gasteiger partial charge in [0.2, 0.25) is 0 Å². The molecule has 0 aromatic heterocycles. The predicted molar refractivity (Wildman–Crippen MR) is 103 cm³/mol. The molecule has 0 saturated carbocycles. The second-order valence-corrected chi connectivity index (χ2v) is 20.0. The molecule has 7 heteroatoms. The lowest BCUT2D eigenvalue weighted by atomic mass is 10.4. The molecule has 0 aliphatic carbocycles. The van der Waals surface area contributed by atoms with Crippen LogP contribution in [0.25, 0.3) is 0 Å². The predicted octanol–water partition coefficient (Wildman–Crippen LogP) is 7.25. The molecule has 0 fully saturated rings. The first-order valence-electron chi connectivity index (χ1n) is 5.18. The van der Waals surface area contributed by atoms with E-state index in [0.29, 0.717) is 0 Å². The molecule has 2 aromatic carbocycles. The Morgan fingerprint density at radius 3 is 1.42 bits per heavy atom. The SMILES string of the molecule is S=P(S)(Sc1ccc(Br)cc1)Sc1ccc(Br)cc1. The molecule has 0 aliphatic rings. The average Bonchev–Trinajstić information content (AvgIpc) is 2.34. The number of thiol groups is 1. The zero-order valence-electron chi connectivity index (χ0n) is 9.49. The molecule has 2 aromatic rings. The van der Waals surface area contributed by atoms with E-state index in [1.807, 2.05) is 24.3 Å². The standard InChI is InChI=1S/C12H9Br2PS4/c13-9-1-5-11(6-2-9)18-15(16,17)19-12-7-3-10(14)4-8-12/h1-8H,(H,16,17). The minimum Gasteiger partial charge on any atom is -0.121 e. The molecule has 0 bridgehead atoms. The van der Waals surface area contributed by atoms with Gasteiger partial charge >= 0.3 is 0 Å². The van der Waals surface area contributed by atoms with E-state index in [9.17, 15) is 0 Å². The number of benzene rings is 2. The van der Waals surface area contributed by atoms with Crippen LogP contribution in [0.3, 0.4) is 0 Å². The van der Waals surface area contributed by atoms with Crippen molar-refractivity contribution in [3.05, 3.63) is 57.5 Å². The number of rotatable bonds is 4. The van der Waals surface area contributed by atoms with Gasteiger partial charge in [0.05, 0.1) is 0 Å². The van der Waals surface area contributed by atoms with E-state index < -0.39 is 3.64 Å². The Morgan fingerprint density at radius 2 is 1.11 bits per heavy atom. The summed E-state index contributed by atoms with van der Waals surface area (Å²) in [6.45, 7) is 0. The smallest absolute Gasteiger partial charge is 0.115 e. The minimum absolute atomic E-state index is 1.07. The first-order chi connectivity index (χ1) is 8.94. The Morgan fingerprint density at radius 1 is 0.789 bits per heavy atom. The van der Waals surface area contributed by atoms with E-state index >= 15 is 0 Å². The fourth-order valence-corrected chi connectivity index (χ4v) is 10.5. The Labute approximate surface area is 148 Å². The topological polar surface area (TPSA) is 0 Å². The van der Waals surface area contributed by atoms with Gasteiger partial charge in [0.25, 0.3) is 0 Å². The van der Waals surface area contributed by atoms with Crippen LogP contribution in [0.5, 0.6) is 0 Å². The van der Waals surface area contributed by atoms with E-state index in [4.69, 9.17) is 11.8 Å². The molecule has 19 heavy (non-hydrogen) atoms. The first-order valence-corrected chi connectivity index (χ1v) is 13.6. The summed E-state index contributed by atoms with van der Waals surface area (Å²) in [6, 6.07) is 16.3. The molecule has 0 heterocycles. The van der Waals surface area contributed by atoms with Crippen LogP contribution in [-0.4, -0.2) is 0 Å². The molecule has 0 spiro atoms. The van der Waals surface area contributed by atoms with Crippen molar-refractivity contribution in [2.45, 2.75) is 9.79 Å². The zero-order chi connectivity index (χ0) is 13.9. The van der Waals surface area contributed by atoms with E-state index in [0.717, 1.165) is 18.7 Å². The summed E-state index contributed by atoms with van der Waals surface area (Å²) in [6.07, 6.45) is 0. The van der Waals surface area contributed by atoms with Gasteiger partial charge < -0.3 is 0 Å². The largest absolute Gasteiger partial charge is 0.121 e. The maximum Gasteiger partial charge on any atom is 0.115 e. The van der Waals surface area contributed by atoms with Crippen LogP contribution in [0.15, 0.2) is 67.3 Å². The molecule has 2 rings (SSSR count). The van der Waals surface area contributed by atoms with Crippen LogP contribution >= 0.6 is 70.5 Å². The highest BCUT2D eigenvalue weighted by Gasteiger charge is 2.15. The van der Waals surface area contributed by atoms with Crippen LogP contribution in [0.4, 0.5) is 0 Å². The second-order valence-electron chi connectivity index (χ2n) is 3.56. The molecule has 0 unspecified atom stereocenters. The van der Waals surface area contributed by atoms with Crippen molar-refractivity contribution in [2.24, 2.45) is 0 Å². The summed E-state index contributed by atoms with van der Waals surface area (Å²) in [4.78, 5) is 2.32. The zero-order valence-corrected chi connectivity index (χ0v) is 16.9. The summed E-state index contributed by atoms with van der Waals surface area (Å²) >= 11 is 20.6. The quantitative estimate of drug-likeness (QED) is 0.368. The van der Waals surface area contributed by atoms with E-state index in [-0.39, 0.29) is 0 Å². The Kier molecular flexibility index (Phi) is 6.41. The molecular formula is C12H9Br2PS4. The van der Waals surface area contributed by atoms with Crippen molar-refractivity contribution in [3.8, 4) is 0 Å². The lowest BCUT2D eigenvalue weighted by Gasteiger charge is -2.14. The highest BCUT2D eigenvalue weighted by molar-refractivity contribution is 9.20. The molecule has 0 N–H and O–H groups in total. The lowest BCUT2D eigenvalue weighted by Crippen LogP contribution is -1.71. The fourth-order valence-electron chi connectivity index (χ4n) is 1.28. The second kappa shape index (κ2) is 7.39. The van der Waals surface area contributed by atoms with Crippen molar-refractivity contribution in [1.29, 1.82) is 0 Å². The minimum atomic E-state index is -1.84. The molecule has 0 atom stereocenters. The van der Waals surface area contributed by atoms with Crippen molar-refractivity contribution in [3.63, 3.8) is 0 Å². The molecular weight excluding hydrogens is 463 g/mol. The summed E-state index contributed by atoms with van der Waals surface area (Å²) in [5.41, 5.74) is 0. The fraction of sp³-hybridized carbons (Fsp3) is 0. The van der Waals surface area contributed by atoms with Crippen molar-refractivity contribution in [2.75, 3.05) is 0 Å². The van der Waals surface area contributed by atoms with Gasteiger partial charge in [0, 0.05) is 18.7 Å². The van der Waals surface area contributed by atoms with Crippen LogP contribution in [0.2, 0.25) is 0 Å². The van der Waals surface area contributed by atoms with E-state index in [2.05, 4.69) is 68.4 Å². The molecule has 0 saturated heterocycles. The van der Waals surface area contributed by atoms with Crippen LogP contribution in [0, 0.1) is 0 Å². The Bertz CT molecular complexity index is 547.